The van der Waals surface area contributed by atoms with Crippen LogP contribution in [0.25, 0.3) is 0 Å². The van der Waals surface area contributed by atoms with Crippen LogP contribution in [0.2, 0.25) is 0 Å². The molecule has 0 aliphatic heterocycles. The van der Waals surface area contributed by atoms with E-state index in [2.05, 4.69) is 13.8 Å². The van der Waals surface area contributed by atoms with Gasteiger partial charge in [-0.3, -0.25) is 0 Å². The summed E-state index contributed by atoms with van der Waals surface area (Å²) in [5.74, 6) is 1.50. The van der Waals surface area contributed by atoms with E-state index in [1.807, 2.05) is 13.0 Å². The van der Waals surface area contributed by atoms with E-state index >= 15 is 0 Å². The van der Waals surface area contributed by atoms with Crippen LogP contribution in [0.5, 0.6) is 0 Å². The van der Waals surface area contributed by atoms with Gasteiger partial charge in [0.05, 0.1) is 0 Å². The molecule has 0 spiro atoms. The molecular weight excluding hydrogens is 221 g/mol. The Morgan fingerprint density at radius 1 is 1.31 bits per heavy atom. The molecule has 3 heteroatoms. The van der Waals surface area contributed by atoms with Crippen LogP contribution < -0.4 is 5.73 Å². The summed E-state index contributed by atoms with van der Waals surface area (Å²) in [6.07, 6.45) is 1.14. The maximum absolute atomic E-state index is 13.6. The third-order valence-electron chi connectivity index (χ3n) is 2.42. The normalized spacial score (nSPS) is 13.1. The van der Waals surface area contributed by atoms with Crippen LogP contribution >= 0.6 is 11.8 Å². The zero-order valence-electron chi connectivity index (χ0n) is 10.2. The molecule has 0 bridgehead atoms. The Morgan fingerprint density at radius 3 is 2.56 bits per heavy atom. The van der Waals surface area contributed by atoms with Crippen molar-refractivity contribution < 1.29 is 4.39 Å². The maximum Gasteiger partial charge on any atom is 0.129 e. The van der Waals surface area contributed by atoms with Crippen LogP contribution in [0.3, 0.4) is 0 Å². The highest BCUT2D eigenvalue weighted by atomic mass is 32.2. The van der Waals surface area contributed by atoms with Crippen molar-refractivity contribution in [3.8, 4) is 0 Å². The lowest BCUT2D eigenvalue weighted by molar-refractivity contribution is 0.585. The first-order valence-electron chi connectivity index (χ1n) is 5.69. The molecule has 16 heavy (non-hydrogen) atoms. The van der Waals surface area contributed by atoms with Crippen molar-refractivity contribution in [3.63, 3.8) is 0 Å². The summed E-state index contributed by atoms with van der Waals surface area (Å²) in [7, 11) is 0. The summed E-state index contributed by atoms with van der Waals surface area (Å²) in [6.45, 7) is 6.21. The number of hydrogen-bond acceptors (Lipinski definition) is 2. The van der Waals surface area contributed by atoms with Crippen molar-refractivity contribution >= 4 is 11.8 Å². The molecule has 1 aromatic carbocycles. The van der Waals surface area contributed by atoms with E-state index in [0.717, 1.165) is 17.1 Å². The van der Waals surface area contributed by atoms with Gasteiger partial charge in [0.2, 0.25) is 0 Å². The second-order valence-electron chi connectivity index (χ2n) is 4.47. The van der Waals surface area contributed by atoms with E-state index < -0.39 is 0 Å². The van der Waals surface area contributed by atoms with E-state index in [-0.39, 0.29) is 11.9 Å². The molecule has 0 amide bonds. The monoisotopic (exact) mass is 241 g/mol. The maximum atomic E-state index is 13.6. The number of hydrogen-bond donors (Lipinski definition) is 1. The highest BCUT2D eigenvalue weighted by molar-refractivity contribution is 7.99. The van der Waals surface area contributed by atoms with Crippen molar-refractivity contribution in [2.45, 2.75) is 38.1 Å². The van der Waals surface area contributed by atoms with Crippen LogP contribution in [0.4, 0.5) is 4.39 Å². The predicted octanol–water partition coefficient (Wildman–Crippen LogP) is 3.98. The zero-order valence-corrected chi connectivity index (χ0v) is 11.0. The molecule has 2 N–H and O–H groups in total. The third kappa shape index (κ3) is 3.80. The fourth-order valence-corrected chi connectivity index (χ4v) is 2.91. The van der Waals surface area contributed by atoms with Gasteiger partial charge in [0.15, 0.2) is 0 Å². The van der Waals surface area contributed by atoms with E-state index in [1.54, 1.807) is 17.8 Å². The Morgan fingerprint density at radius 2 is 2.00 bits per heavy atom. The summed E-state index contributed by atoms with van der Waals surface area (Å²) in [5, 5.41) is 0. The molecule has 0 aromatic heterocycles. The standard InChI is InChI=1S/C13H20FNS/c1-9(2)7-8-16-12-6-4-5-11(14)13(12)10(3)15/h4-6,9-10H,7-8,15H2,1-3H3. The van der Waals surface area contributed by atoms with Gasteiger partial charge in [-0.05, 0) is 37.1 Å². The summed E-state index contributed by atoms with van der Waals surface area (Å²) >= 11 is 1.70. The zero-order chi connectivity index (χ0) is 12.1. The minimum Gasteiger partial charge on any atom is -0.324 e. The van der Waals surface area contributed by atoms with E-state index in [4.69, 9.17) is 5.73 Å². The van der Waals surface area contributed by atoms with Gasteiger partial charge >= 0.3 is 0 Å². The third-order valence-corrected chi connectivity index (χ3v) is 3.53. The van der Waals surface area contributed by atoms with Gasteiger partial charge in [0, 0.05) is 16.5 Å². The summed E-state index contributed by atoms with van der Waals surface area (Å²) in [5.41, 5.74) is 6.44. The largest absolute Gasteiger partial charge is 0.324 e. The number of rotatable bonds is 5. The van der Waals surface area contributed by atoms with Crippen LogP contribution in [-0.4, -0.2) is 5.75 Å². The Bertz CT molecular complexity index is 337. The van der Waals surface area contributed by atoms with Gasteiger partial charge in [-0.1, -0.05) is 19.9 Å². The Balaban J connectivity index is 2.75. The summed E-state index contributed by atoms with van der Waals surface area (Å²) < 4.78 is 13.6. The first-order chi connectivity index (χ1) is 7.52. The lowest BCUT2D eigenvalue weighted by Crippen LogP contribution is -2.09. The minimum atomic E-state index is -0.247. The lowest BCUT2D eigenvalue weighted by Gasteiger charge is -2.13. The number of halogens is 1. The summed E-state index contributed by atoms with van der Waals surface area (Å²) in [4.78, 5) is 0.982. The predicted molar refractivity (Wildman–Crippen MR) is 69.2 cm³/mol. The van der Waals surface area contributed by atoms with E-state index in [0.29, 0.717) is 11.5 Å². The van der Waals surface area contributed by atoms with Gasteiger partial charge in [-0.15, -0.1) is 11.8 Å². The molecule has 0 saturated heterocycles. The summed E-state index contributed by atoms with van der Waals surface area (Å²) in [6, 6.07) is 4.93. The Kier molecular flexibility index (Phi) is 5.29. The van der Waals surface area contributed by atoms with Crippen LogP contribution in [0.15, 0.2) is 23.1 Å². The quantitative estimate of drug-likeness (QED) is 0.789. The second kappa shape index (κ2) is 6.26. The van der Waals surface area contributed by atoms with E-state index in [9.17, 15) is 4.39 Å². The molecule has 1 aromatic rings. The highest BCUT2D eigenvalue weighted by Gasteiger charge is 2.12. The van der Waals surface area contributed by atoms with Crippen LogP contribution in [-0.2, 0) is 0 Å². The number of thioether (sulfide) groups is 1. The molecule has 0 aliphatic rings. The van der Waals surface area contributed by atoms with Crippen LogP contribution in [0.1, 0.15) is 38.8 Å². The second-order valence-corrected chi connectivity index (χ2v) is 5.61. The lowest BCUT2D eigenvalue weighted by atomic mass is 10.1. The van der Waals surface area contributed by atoms with Crippen LogP contribution in [0, 0.1) is 11.7 Å². The smallest absolute Gasteiger partial charge is 0.129 e. The van der Waals surface area contributed by atoms with Crippen molar-refractivity contribution in [2.75, 3.05) is 5.75 Å². The van der Waals surface area contributed by atoms with Crippen molar-refractivity contribution in [2.24, 2.45) is 11.7 Å². The fourth-order valence-electron chi connectivity index (χ4n) is 1.49. The first-order valence-corrected chi connectivity index (χ1v) is 6.67. The molecule has 0 saturated carbocycles. The first kappa shape index (κ1) is 13.5. The SMILES string of the molecule is CC(C)CCSc1cccc(F)c1C(C)N. The molecule has 0 radical (unpaired) electrons. The van der Waals surface area contributed by atoms with Crippen molar-refractivity contribution in [1.82, 2.24) is 0 Å². The number of benzene rings is 1. The highest BCUT2D eigenvalue weighted by Crippen LogP contribution is 2.29. The average molecular weight is 241 g/mol. The molecule has 0 aliphatic carbocycles. The number of nitrogens with two attached hydrogens (primary N) is 1. The Labute approximate surface area is 102 Å². The van der Waals surface area contributed by atoms with Crippen molar-refractivity contribution in [1.29, 1.82) is 0 Å². The van der Waals surface area contributed by atoms with Gasteiger partial charge < -0.3 is 5.73 Å². The molecule has 90 valence electrons. The average Bonchev–Trinajstić information content (AvgIpc) is 2.16. The minimum absolute atomic E-state index is 0.190. The van der Waals surface area contributed by atoms with Crippen molar-refractivity contribution in [3.05, 3.63) is 29.6 Å². The van der Waals surface area contributed by atoms with Gasteiger partial charge in [0.25, 0.3) is 0 Å². The van der Waals surface area contributed by atoms with Gasteiger partial charge in [0.1, 0.15) is 5.82 Å². The fraction of sp³-hybridized carbons (Fsp3) is 0.538. The molecule has 0 heterocycles. The molecule has 1 atom stereocenters. The van der Waals surface area contributed by atoms with Gasteiger partial charge in [-0.25, -0.2) is 4.39 Å². The Hall–Kier alpha value is -0.540. The van der Waals surface area contributed by atoms with E-state index in [1.165, 1.54) is 6.07 Å². The molecule has 0 fully saturated rings. The molecule has 1 nitrogen and oxygen atoms in total. The molecule has 1 rings (SSSR count). The topological polar surface area (TPSA) is 26.0 Å². The van der Waals surface area contributed by atoms with Gasteiger partial charge in [-0.2, -0.15) is 0 Å². The molecular formula is C13H20FNS. The molecule has 1 unspecified atom stereocenters.